The van der Waals surface area contributed by atoms with E-state index in [0.29, 0.717) is 6.04 Å². The summed E-state index contributed by atoms with van der Waals surface area (Å²) in [6, 6.07) is 0.314. The zero-order valence-electron chi connectivity index (χ0n) is 8.21. The van der Waals surface area contributed by atoms with Crippen molar-refractivity contribution >= 4 is 5.91 Å². The highest BCUT2D eigenvalue weighted by atomic mass is 16.2. The van der Waals surface area contributed by atoms with Crippen molar-refractivity contribution in [2.45, 2.75) is 45.6 Å². The van der Waals surface area contributed by atoms with E-state index in [9.17, 15) is 4.79 Å². The van der Waals surface area contributed by atoms with Crippen LogP contribution in [0.15, 0.2) is 16.4 Å². The first kappa shape index (κ1) is 8.60. The number of hydrogen-bond acceptors (Lipinski definition) is 1. The third-order valence-corrected chi connectivity index (χ3v) is 2.66. The second-order valence-electron chi connectivity index (χ2n) is 3.98. The Morgan fingerprint density at radius 1 is 1.31 bits per heavy atom. The summed E-state index contributed by atoms with van der Waals surface area (Å²) in [4.78, 5) is 11.5. The molecular weight excluding hydrogens is 164 g/mol. The number of azo groups is 2. The van der Waals surface area contributed by atoms with Crippen LogP contribution in [0.2, 0.25) is 0 Å². The fraction of sp³-hybridized carbons (Fsp3) is 0.700. The lowest BCUT2D eigenvalue weighted by Gasteiger charge is -2.09. The lowest BCUT2D eigenvalue weighted by molar-refractivity contribution is -0.571. The summed E-state index contributed by atoms with van der Waals surface area (Å²) in [7, 11) is 0. The van der Waals surface area contributed by atoms with E-state index in [1.54, 1.807) is 0 Å². The highest BCUT2D eigenvalue weighted by Gasteiger charge is 2.37. The van der Waals surface area contributed by atoms with Crippen LogP contribution in [0.1, 0.15) is 39.5 Å². The molecule has 2 rings (SSSR count). The van der Waals surface area contributed by atoms with Crippen molar-refractivity contribution in [1.29, 1.82) is 0 Å². The average Bonchev–Trinajstić information content (AvgIpc) is 2.45. The standard InChI is InChI=1S/C10H15N2O/c1-7(2)12-9-6-4-3-5-8(9)10(13)11-12/h7H,3-6H2,1-2H3/q+1. The maximum atomic E-state index is 11.5. The topological polar surface area (TPSA) is 32.4 Å². The van der Waals surface area contributed by atoms with E-state index >= 15 is 0 Å². The van der Waals surface area contributed by atoms with Crippen LogP contribution >= 0.6 is 0 Å². The van der Waals surface area contributed by atoms with Crippen LogP contribution in [0.4, 0.5) is 0 Å². The van der Waals surface area contributed by atoms with E-state index in [-0.39, 0.29) is 5.91 Å². The van der Waals surface area contributed by atoms with Gasteiger partial charge in [0.2, 0.25) is 5.70 Å². The van der Waals surface area contributed by atoms with Crippen LogP contribution in [0.5, 0.6) is 0 Å². The van der Waals surface area contributed by atoms with E-state index in [0.717, 1.165) is 24.8 Å². The van der Waals surface area contributed by atoms with Crippen molar-refractivity contribution < 1.29 is 9.49 Å². The molecule has 1 aliphatic carbocycles. The first-order chi connectivity index (χ1) is 6.20. The SMILES string of the molecule is CC(C)[N+]1=NC(=O)C2=C1CCCC2. The quantitative estimate of drug-likeness (QED) is 0.568. The molecular formula is C10H15N2O+. The first-order valence-corrected chi connectivity index (χ1v) is 4.97. The van der Waals surface area contributed by atoms with Crippen LogP contribution in [-0.2, 0) is 4.79 Å². The minimum atomic E-state index is 0.00315. The number of amides is 1. The van der Waals surface area contributed by atoms with Crippen molar-refractivity contribution in [1.82, 2.24) is 0 Å². The van der Waals surface area contributed by atoms with Gasteiger partial charge in [-0.15, -0.1) is 0 Å². The predicted molar refractivity (Wildman–Crippen MR) is 48.3 cm³/mol. The molecule has 0 saturated carbocycles. The molecule has 0 unspecified atom stereocenters. The second-order valence-corrected chi connectivity index (χ2v) is 3.98. The monoisotopic (exact) mass is 179 g/mol. The first-order valence-electron chi connectivity index (χ1n) is 4.97. The van der Waals surface area contributed by atoms with Gasteiger partial charge in [-0.25, -0.2) is 0 Å². The van der Waals surface area contributed by atoms with Crippen LogP contribution in [0.3, 0.4) is 0 Å². The average molecular weight is 179 g/mol. The summed E-state index contributed by atoms with van der Waals surface area (Å²) in [6.07, 6.45) is 4.31. The Hall–Kier alpha value is -0.990. The third kappa shape index (κ3) is 1.32. The van der Waals surface area contributed by atoms with Crippen molar-refractivity contribution in [2.24, 2.45) is 5.11 Å². The summed E-state index contributed by atoms with van der Waals surface area (Å²) < 4.78 is 1.90. The van der Waals surface area contributed by atoms with Gasteiger partial charge in [-0.3, -0.25) is 4.79 Å². The molecule has 0 aromatic carbocycles. The summed E-state index contributed by atoms with van der Waals surface area (Å²) in [6.45, 7) is 4.14. The van der Waals surface area contributed by atoms with E-state index in [4.69, 9.17) is 0 Å². The number of carbonyl (C=O) groups is 1. The minimum absolute atomic E-state index is 0.00315. The van der Waals surface area contributed by atoms with Gasteiger partial charge in [0, 0.05) is 11.5 Å². The second kappa shape index (κ2) is 3.05. The Balaban J connectivity index is 2.37. The molecule has 0 radical (unpaired) electrons. The van der Waals surface area contributed by atoms with Gasteiger partial charge in [0.25, 0.3) is 0 Å². The lowest BCUT2D eigenvalue weighted by atomic mass is 9.96. The Labute approximate surface area is 78.1 Å². The van der Waals surface area contributed by atoms with Crippen molar-refractivity contribution in [3.8, 4) is 0 Å². The zero-order valence-corrected chi connectivity index (χ0v) is 8.21. The highest BCUT2D eigenvalue weighted by molar-refractivity contribution is 5.95. The molecule has 0 fully saturated rings. The van der Waals surface area contributed by atoms with E-state index in [1.165, 1.54) is 12.1 Å². The zero-order chi connectivity index (χ0) is 9.42. The minimum Gasteiger partial charge on any atom is -0.261 e. The normalized spacial score (nSPS) is 22.4. The molecule has 1 amide bonds. The van der Waals surface area contributed by atoms with E-state index in [1.807, 2.05) is 4.70 Å². The van der Waals surface area contributed by atoms with Gasteiger partial charge in [-0.05, 0) is 33.1 Å². The Morgan fingerprint density at radius 2 is 2.00 bits per heavy atom. The van der Waals surface area contributed by atoms with E-state index < -0.39 is 0 Å². The molecule has 13 heavy (non-hydrogen) atoms. The molecule has 0 spiro atoms. The van der Waals surface area contributed by atoms with E-state index in [2.05, 4.69) is 19.0 Å². The van der Waals surface area contributed by atoms with Gasteiger partial charge >= 0.3 is 5.91 Å². The summed E-state index contributed by atoms with van der Waals surface area (Å²) in [5.41, 5.74) is 2.16. The summed E-state index contributed by atoms with van der Waals surface area (Å²) in [5, 5.41) is 4.05. The smallest absolute Gasteiger partial charge is 0.261 e. The van der Waals surface area contributed by atoms with Crippen molar-refractivity contribution in [3.63, 3.8) is 0 Å². The molecule has 3 heteroatoms. The van der Waals surface area contributed by atoms with Crippen LogP contribution in [0.25, 0.3) is 0 Å². The Bertz CT molecular complexity index is 313. The Morgan fingerprint density at radius 3 is 2.69 bits per heavy atom. The molecule has 0 saturated heterocycles. The lowest BCUT2D eigenvalue weighted by Crippen LogP contribution is -2.17. The van der Waals surface area contributed by atoms with Gasteiger partial charge < -0.3 is 0 Å². The summed E-state index contributed by atoms with van der Waals surface area (Å²) in [5.74, 6) is 0.00315. The molecule has 1 heterocycles. The largest absolute Gasteiger partial charge is 0.341 e. The van der Waals surface area contributed by atoms with Crippen LogP contribution in [-0.4, -0.2) is 16.6 Å². The molecule has 0 bridgehead atoms. The Kier molecular flexibility index (Phi) is 2.02. The number of nitrogens with zero attached hydrogens (tertiary/aromatic N) is 2. The molecule has 70 valence electrons. The molecule has 0 aromatic heterocycles. The molecule has 3 nitrogen and oxygen atoms in total. The molecule has 0 N–H and O–H groups in total. The van der Waals surface area contributed by atoms with Crippen LogP contribution < -0.4 is 0 Å². The number of rotatable bonds is 1. The van der Waals surface area contributed by atoms with Crippen LogP contribution in [0, 0.1) is 0 Å². The maximum absolute atomic E-state index is 11.5. The third-order valence-electron chi connectivity index (χ3n) is 2.66. The highest BCUT2D eigenvalue weighted by Crippen LogP contribution is 2.31. The summed E-state index contributed by atoms with van der Waals surface area (Å²) >= 11 is 0. The van der Waals surface area contributed by atoms with Gasteiger partial charge in [0.15, 0.2) is 6.04 Å². The number of carbonyl (C=O) groups excluding carboxylic acids is 1. The maximum Gasteiger partial charge on any atom is 0.341 e. The molecule has 1 aliphatic heterocycles. The fourth-order valence-corrected chi connectivity index (χ4v) is 2.02. The van der Waals surface area contributed by atoms with Crippen molar-refractivity contribution in [3.05, 3.63) is 11.3 Å². The van der Waals surface area contributed by atoms with Gasteiger partial charge in [-0.1, -0.05) is 4.70 Å². The number of hydrogen-bond donors (Lipinski definition) is 0. The van der Waals surface area contributed by atoms with Gasteiger partial charge in [-0.2, -0.15) is 0 Å². The molecule has 0 atom stereocenters. The number of allylic oxidation sites excluding steroid dienone is 1. The molecule has 0 aromatic rings. The fourth-order valence-electron chi connectivity index (χ4n) is 2.02. The van der Waals surface area contributed by atoms with Gasteiger partial charge in [0.05, 0.1) is 5.57 Å². The predicted octanol–water partition coefficient (Wildman–Crippen LogP) is 2.23. The molecule has 2 aliphatic rings. The van der Waals surface area contributed by atoms with Gasteiger partial charge in [0.1, 0.15) is 0 Å². The van der Waals surface area contributed by atoms with Crippen molar-refractivity contribution in [2.75, 3.05) is 0 Å².